The van der Waals surface area contributed by atoms with Gasteiger partial charge < -0.3 is 20.5 Å². The molecule has 1 aromatic rings. The number of hydrogen-bond donors (Lipinski definition) is 2. The molecule has 0 fully saturated rings. The third kappa shape index (κ3) is 4.75. The minimum absolute atomic E-state index is 0.220. The zero-order valence-corrected chi connectivity index (χ0v) is 11.3. The number of ether oxygens (including phenoxy) is 2. The number of nitrogens with two attached hydrogens (primary N) is 1. The summed E-state index contributed by atoms with van der Waals surface area (Å²) < 4.78 is 10.8. The Morgan fingerprint density at radius 1 is 1.33 bits per heavy atom. The van der Waals surface area contributed by atoms with Gasteiger partial charge in [0.15, 0.2) is 5.82 Å². The summed E-state index contributed by atoms with van der Waals surface area (Å²) in [5.74, 6) is 1.02. The molecular weight excluding hydrogens is 232 g/mol. The van der Waals surface area contributed by atoms with Crippen molar-refractivity contribution in [3.8, 4) is 5.88 Å². The van der Waals surface area contributed by atoms with Crippen molar-refractivity contribution in [3.05, 3.63) is 6.33 Å². The van der Waals surface area contributed by atoms with Crippen molar-refractivity contribution in [1.29, 1.82) is 0 Å². The molecule has 1 heterocycles. The Morgan fingerprint density at radius 2 is 2.11 bits per heavy atom. The fourth-order valence-electron chi connectivity index (χ4n) is 1.30. The summed E-state index contributed by atoms with van der Waals surface area (Å²) >= 11 is 0. The molecule has 0 aromatic carbocycles. The van der Waals surface area contributed by atoms with E-state index in [4.69, 9.17) is 15.2 Å². The van der Waals surface area contributed by atoms with Gasteiger partial charge in [-0.3, -0.25) is 0 Å². The fraction of sp³-hybridized carbons (Fsp3) is 0.667. The van der Waals surface area contributed by atoms with E-state index in [0.29, 0.717) is 37.1 Å². The summed E-state index contributed by atoms with van der Waals surface area (Å²) in [4.78, 5) is 8.08. The third-order valence-corrected chi connectivity index (χ3v) is 2.14. The summed E-state index contributed by atoms with van der Waals surface area (Å²) in [7, 11) is 0. The number of nitrogens with zero attached hydrogens (tertiary/aromatic N) is 2. The zero-order chi connectivity index (χ0) is 13.4. The zero-order valence-electron chi connectivity index (χ0n) is 11.3. The third-order valence-electron chi connectivity index (χ3n) is 2.14. The van der Waals surface area contributed by atoms with E-state index in [0.717, 1.165) is 6.42 Å². The van der Waals surface area contributed by atoms with Crippen LogP contribution in [0, 0.1) is 0 Å². The molecule has 0 saturated heterocycles. The standard InChI is InChI=1S/C12H22N4O2/c1-4-6-18-12-10(13)11(15-8-16-12)14-5-7-17-9(2)3/h8-9H,4-7,13H2,1-3H3,(H,14,15,16). The van der Waals surface area contributed by atoms with Crippen LogP contribution in [0.2, 0.25) is 0 Å². The Hall–Kier alpha value is -1.56. The maximum absolute atomic E-state index is 5.91. The molecule has 0 aliphatic rings. The molecule has 6 nitrogen and oxygen atoms in total. The molecule has 0 saturated carbocycles. The molecule has 3 N–H and O–H groups in total. The van der Waals surface area contributed by atoms with Gasteiger partial charge in [-0.1, -0.05) is 6.92 Å². The maximum atomic E-state index is 5.91. The molecule has 0 radical (unpaired) electrons. The van der Waals surface area contributed by atoms with Crippen LogP contribution in [-0.2, 0) is 4.74 Å². The molecular formula is C12H22N4O2. The summed E-state index contributed by atoms with van der Waals surface area (Å²) in [6.07, 6.45) is 2.57. The lowest BCUT2D eigenvalue weighted by Crippen LogP contribution is -2.15. The van der Waals surface area contributed by atoms with E-state index in [1.165, 1.54) is 6.33 Å². The highest BCUT2D eigenvalue weighted by molar-refractivity contribution is 5.66. The van der Waals surface area contributed by atoms with Crippen LogP contribution >= 0.6 is 0 Å². The van der Waals surface area contributed by atoms with Crippen LogP contribution in [0.4, 0.5) is 11.5 Å². The fourth-order valence-corrected chi connectivity index (χ4v) is 1.30. The number of nitrogen functional groups attached to an aromatic ring is 1. The van der Waals surface area contributed by atoms with E-state index >= 15 is 0 Å². The molecule has 0 bridgehead atoms. The Balaban J connectivity index is 2.49. The van der Waals surface area contributed by atoms with Gasteiger partial charge >= 0.3 is 0 Å². The molecule has 0 amide bonds. The van der Waals surface area contributed by atoms with Crippen molar-refractivity contribution in [2.45, 2.75) is 33.3 Å². The second-order valence-corrected chi connectivity index (χ2v) is 4.14. The topological polar surface area (TPSA) is 82.3 Å². The van der Waals surface area contributed by atoms with Gasteiger partial charge in [0.05, 0.1) is 19.3 Å². The van der Waals surface area contributed by atoms with E-state index in [1.807, 2.05) is 20.8 Å². The lowest BCUT2D eigenvalue weighted by molar-refractivity contribution is 0.0870. The van der Waals surface area contributed by atoms with Crippen molar-refractivity contribution in [3.63, 3.8) is 0 Å². The van der Waals surface area contributed by atoms with Crippen LogP contribution in [0.15, 0.2) is 6.33 Å². The molecule has 0 aliphatic heterocycles. The first-order valence-corrected chi connectivity index (χ1v) is 6.23. The average Bonchev–Trinajstić information content (AvgIpc) is 2.34. The minimum atomic E-state index is 0.220. The predicted octanol–water partition coefficient (Wildman–Crippen LogP) is 1.68. The second-order valence-electron chi connectivity index (χ2n) is 4.14. The lowest BCUT2D eigenvalue weighted by Gasteiger charge is -2.12. The van der Waals surface area contributed by atoms with Crippen LogP contribution in [0.1, 0.15) is 27.2 Å². The highest BCUT2D eigenvalue weighted by atomic mass is 16.5. The van der Waals surface area contributed by atoms with Crippen molar-refractivity contribution in [1.82, 2.24) is 9.97 Å². The number of nitrogens with one attached hydrogen (secondary N) is 1. The highest BCUT2D eigenvalue weighted by Crippen LogP contribution is 2.24. The molecule has 0 aliphatic carbocycles. The van der Waals surface area contributed by atoms with E-state index in [1.54, 1.807) is 0 Å². The molecule has 0 unspecified atom stereocenters. The van der Waals surface area contributed by atoms with E-state index in [-0.39, 0.29) is 6.10 Å². The molecule has 1 aromatic heterocycles. The van der Waals surface area contributed by atoms with Gasteiger partial charge in [0.1, 0.15) is 12.0 Å². The van der Waals surface area contributed by atoms with Gasteiger partial charge in [-0.05, 0) is 20.3 Å². The first-order chi connectivity index (χ1) is 8.65. The maximum Gasteiger partial charge on any atom is 0.242 e. The molecule has 18 heavy (non-hydrogen) atoms. The molecule has 0 spiro atoms. The van der Waals surface area contributed by atoms with Crippen LogP contribution in [0.3, 0.4) is 0 Å². The highest BCUT2D eigenvalue weighted by Gasteiger charge is 2.08. The molecule has 1 rings (SSSR count). The van der Waals surface area contributed by atoms with Crippen molar-refractivity contribution in [2.75, 3.05) is 30.8 Å². The SMILES string of the molecule is CCCOc1ncnc(NCCOC(C)C)c1N. The first kappa shape index (κ1) is 14.5. The molecule has 102 valence electrons. The van der Waals surface area contributed by atoms with Crippen LogP contribution < -0.4 is 15.8 Å². The number of aromatic nitrogens is 2. The van der Waals surface area contributed by atoms with Gasteiger partial charge in [0, 0.05) is 6.54 Å². The van der Waals surface area contributed by atoms with Gasteiger partial charge in [-0.2, -0.15) is 4.98 Å². The van der Waals surface area contributed by atoms with Gasteiger partial charge in [0.2, 0.25) is 5.88 Å². The Kier molecular flexibility index (Phi) is 6.21. The van der Waals surface area contributed by atoms with Crippen LogP contribution in [-0.4, -0.2) is 35.8 Å². The second kappa shape index (κ2) is 7.71. The van der Waals surface area contributed by atoms with Crippen LogP contribution in [0.5, 0.6) is 5.88 Å². The van der Waals surface area contributed by atoms with Crippen molar-refractivity contribution in [2.24, 2.45) is 0 Å². The Morgan fingerprint density at radius 3 is 2.78 bits per heavy atom. The van der Waals surface area contributed by atoms with Crippen LogP contribution in [0.25, 0.3) is 0 Å². The van der Waals surface area contributed by atoms with Crippen molar-refractivity contribution >= 4 is 11.5 Å². The summed E-state index contributed by atoms with van der Waals surface area (Å²) in [5, 5.41) is 3.10. The van der Waals surface area contributed by atoms with E-state index in [9.17, 15) is 0 Å². The smallest absolute Gasteiger partial charge is 0.242 e. The van der Waals surface area contributed by atoms with Gasteiger partial charge in [-0.15, -0.1) is 0 Å². The summed E-state index contributed by atoms with van der Waals surface area (Å²) in [5.41, 5.74) is 6.35. The number of hydrogen-bond acceptors (Lipinski definition) is 6. The van der Waals surface area contributed by atoms with Gasteiger partial charge in [-0.25, -0.2) is 4.98 Å². The average molecular weight is 254 g/mol. The van der Waals surface area contributed by atoms with Crippen molar-refractivity contribution < 1.29 is 9.47 Å². The summed E-state index contributed by atoms with van der Waals surface area (Å²) in [6.45, 7) is 7.86. The lowest BCUT2D eigenvalue weighted by atomic mass is 10.4. The minimum Gasteiger partial charge on any atom is -0.476 e. The molecule has 0 atom stereocenters. The summed E-state index contributed by atoms with van der Waals surface area (Å²) in [6, 6.07) is 0. The predicted molar refractivity (Wildman–Crippen MR) is 71.8 cm³/mol. The Labute approximate surface area is 108 Å². The largest absolute Gasteiger partial charge is 0.476 e. The monoisotopic (exact) mass is 254 g/mol. The number of anilines is 2. The number of rotatable bonds is 8. The van der Waals surface area contributed by atoms with Gasteiger partial charge in [0.25, 0.3) is 0 Å². The quantitative estimate of drug-likeness (QED) is 0.687. The van der Waals surface area contributed by atoms with E-state index < -0.39 is 0 Å². The Bertz CT molecular complexity index is 358. The first-order valence-electron chi connectivity index (χ1n) is 6.23. The normalized spacial score (nSPS) is 10.7. The van der Waals surface area contributed by atoms with E-state index in [2.05, 4.69) is 15.3 Å². The molecule has 6 heteroatoms.